The first-order valence-corrected chi connectivity index (χ1v) is 5.93. The molecule has 0 spiro atoms. The summed E-state index contributed by atoms with van der Waals surface area (Å²) in [7, 11) is 0. The molecule has 17 heavy (non-hydrogen) atoms. The Morgan fingerprint density at radius 2 is 2.35 bits per heavy atom. The molecule has 3 heterocycles. The van der Waals surface area contributed by atoms with Gasteiger partial charge >= 0.3 is 0 Å². The molecule has 0 bridgehead atoms. The molecule has 0 aliphatic carbocycles. The molecule has 3 rings (SSSR count). The van der Waals surface area contributed by atoms with Crippen LogP contribution in [-0.2, 0) is 4.74 Å². The molecule has 0 radical (unpaired) electrons. The van der Waals surface area contributed by atoms with Crippen LogP contribution in [0.15, 0.2) is 24.4 Å². The van der Waals surface area contributed by atoms with Crippen molar-refractivity contribution in [3.05, 3.63) is 35.8 Å². The lowest BCUT2D eigenvalue weighted by atomic mass is 10.1. The average Bonchev–Trinajstić information content (AvgIpc) is 2.83. The number of aldehydes is 1. The lowest BCUT2D eigenvalue weighted by Gasteiger charge is -2.20. The first-order valence-electron chi connectivity index (χ1n) is 5.93. The molecular weight excluding hydrogens is 216 g/mol. The van der Waals surface area contributed by atoms with Crippen LogP contribution >= 0.6 is 0 Å². The Hall–Kier alpha value is -1.68. The van der Waals surface area contributed by atoms with Crippen molar-refractivity contribution in [3.63, 3.8) is 0 Å². The summed E-state index contributed by atoms with van der Waals surface area (Å²) in [5, 5.41) is 0. The molecule has 0 N–H and O–H groups in total. The van der Waals surface area contributed by atoms with E-state index in [-0.39, 0.29) is 6.10 Å². The summed E-state index contributed by atoms with van der Waals surface area (Å²) in [5.41, 5.74) is 2.36. The highest BCUT2D eigenvalue weighted by Crippen LogP contribution is 2.27. The van der Waals surface area contributed by atoms with Crippen molar-refractivity contribution < 1.29 is 9.53 Å². The van der Waals surface area contributed by atoms with E-state index in [1.165, 1.54) is 6.42 Å². The Morgan fingerprint density at radius 3 is 3.12 bits per heavy atom. The van der Waals surface area contributed by atoms with Crippen molar-refractivity contribution in [1.29, 1.82) is 0 Å². The molecule has 1 saturated heterocycles. The number of nitrogens with zero attached hydrogens (tertiary/aromatic N) is 2. The maximum Gasteiger partial charge on any atom is 0.166 e. The average molecular weight is 230 g/mol. The number of pyridine rings is 1. The highest BCUT2D eigenvalue weighted by atomic mass is 16.5. The van der Waals surface area contributed by atoms with E-state index in [0.29, 0.717) is 5.69 Å². The third kappa shape index (κ3) is 1.85. The van der Waals surface area contributed by atoms with Crippen molar-refractivity contribution in [2.24, 2.45) is 0 Å². The van der Waals surface area contributed by atoms with E-state index >= 15 is 0 Å². The van der Waals surface area contributed by atoms with Crippen molar-refractivity contribution in [2.75, 3.05) is 6.61 Å². The number of carbonyl (C=O) groups excluding carboxylic acids is 1. The predicted molar refractivity (Wildman–Crippen MR) is 63.1 cm³/mol. The molecule has 2 aromatic rings. The molecule has 1 aliphatic heterocycles. The fourth-order valence-electron chi connectivity index (χ4n) is 2.28. The molecule has 1 atom stereocenters. The summed E-state index contributed by atoms with van der Waals surface area (Å²) in [6, 6.07) is 5.53. The fraction of sp³-hybridized carbons (Fsp3) is 0.385. The summed E-state index contributed by atoms with van der Waals surface area (Å²) < 4.78 is 7.52. The zero-order valence-corrected chi connectivity index (χ0v) is 9.50. The fourth-order valence-corrected chi connectivity index (χ4v) is 2.28. The van der Waals surface area contributed by atoms with E-state index in [4.69, 9.17) is 4.74 Å². The zero-order chi connectivity index (χ0) is 11.7. The second-order valence-corrected chi connectivity index (χ2v) is 4.32. The molecule has 2 aromatic heterocycles. The van der Waals surface area contributed by atoms with Crippen molar-refractivity contribution in [1.82, 2.24) is 9.38 Å². The molecule has 1 fully saturated rings. The van der Waals surface area contributed by atoms with Gasteiger partial charge in [0.15, 0.2) is 6.29 Å². The second kappa shape index (κ2) is 4.30. The van der Waals surface area contributed by atoms with E-state index in [2.05, 4.69) is 4.98 Å². The van der Waals surface area contributed by atoms with Gasteiger partial charge in [-0.25, -0.2) is 4.98 Å². The molecular formula is C13H14N2O2. The molecule has 0 saturated carbocycles. The topological polar surface area (TPSA) is 43.6 Å². The lowest BCUT2D eigenvalue weighted by Crippen LogP contribution is -2.11. The van der Waals surface area contributed by atoms with Crippen LogP contribution in [0, 0.1) is 0 Å². The highest BCUT2D eigenvalue weighted by molar-refractivity contribution is 5.73. The van der Waals surface area contributed by atoms with Gasteiger partial charge in [-0.15, -0.1) is 0 Å². The summed E-state index contributed by atoms with van der Waals surface area (Å²) in [6.45, 7) is 0.805. The van der Waals surface area contributed by atoms with Gasteiger partial charge in [-0.3, -0.25) is 9.20 Å². The molecule has 1 unspecified atom stereocenters. The largest absolute Gasteiger partial charge is 0.372 e. The van der Waals surface area contributed by atoms with Gasteiger partial charge in [-0.05, 0) is 31.4 Å². The smallest absolute Gasteiger partial charge is 0.166 e. The van der Waals surface area contributed by atoms with Crippen LogP contribution in [0.4, 0.5) is 0 Å². The number of imidazole rings is 1. The van der Waals surface area contributed by atoms with Gasteiger partial charge in [0.25, 0.3) is 0 Å². The number of carbonyl (C=O) groups is 1. The molecule has 88 valence electrons. The van der Waals surface area contributed by atoms with Crippen LogP contribution in [0.2, 0.25) is 0 Å². The van der Waals surface area contributed by atoms with E-state index in [1.807, 2.05) is 22.7 Å². The minimum absolute atomic E-state index is 0.0863. The summed E-state index contributed by atoms with van der Waals surface area (Å²) in [5.74, 6) is 0. The normalized spacial score (nSPS) is 20.6. The minimum Gasteiger partial charge on any atom is -0.372 e. The highest BCUT2D eigenvalue weighted by Gasteiger charge is 2.19. The monoisotopic (exact) mass is 230 g/mol. The van der Waals surface area contributed by atoms with Crippen LogP contribution in [0.3, 0.4) is 0 Å². The van der Waals surface area contributed by atoms with Crippen molar-refractivity contribution in [2.45, 2.75) is 25.4 Å². The molecule has 0 amide bonds. The number of fused-ring (bicyclic) bond motifs is 1. The van der Waals surface area contributed by atoms with Gasteiger partial charge in [-0.1, -0.05) is 6.07 Å². The van der Waals surface area contributed by atoms with Gasteiger partial charge in [-0.2, -0.15) is 0 Å². The summed E-state index contributed by atoms with van der Waals surface area (Å²) in [4.78, 5) is 15.5. The first kappa shape index (κ1) is 10.5. The van der Waals surface area contributed by atoms with Crippen LogP contribution in [0.5, 0.6) is 0 Å². The number of rotatable bonds is 2. The molecule has 4 nitrogen and oxygen atoms in total. The van der Waals surface area contributed by atoms with Crippen molar-refractivity contribution in [3.8, 4) is 0 Å². The molecule has 1 aliphatic rings. The van der Waals surface area contributed by atoms with Gasteiger partial charge in [0.2, 0.25) is 0 Å². The summed E-state index contributed by atoms with van der Waals surface area (Å²) >= 11 is 0. The minimum atomic E-state index is 0.0863. The van der Waals surface area contributed by atoms with Gasteiger partial charge in [0, 0.05) is 12.8 Å². The van der Waals surface area contributed by atoms with Crippen LogP contribution in [0.1, 0.15) is 41.5 Å². The van der Waals surface area contributed by atoms with Gasteiger partial charge < -0.3 is 4.74 Å². The standard InChI is InChI=1S/C13H14N2O2/c16-9-10-4-3-6-13-14-11(8-15(10)13)12-5-1-2-7-17-12/h3-4,6,8-9,12H,1-2,5,7H2. The Bertz CT molecular complexity index is 541. The Balaban J connectivity index is 2.03. The zero-order valence-electron chi connectivity index (χ0n) is 9.50. The molecule has 0 aromatic carbocycles. The number of hydrogen-bond donors (Lipinski definition) is 0. The van der Waals surface area contributed by atoms with E-state index < -0.39 is 0 Å². The number of ether oxygens (including phenoxy) is 1. The van der Waals surface area contributed by atoms with Crippen LogP contribution in [0.25, 0.3) is 5.65 Å². The first-order chi connectivity index (χ1) is 8.38. The van der Waals surface area contributed by atoms with Crippen LogP contribution < -0.4 is 0 Å². The maximum absolute atomic E-state index is 10.9. The third-order valence-electron chi connectivity index (χ3n) is 3.17. The van der Waals surface area contributed by atoms with E-state index in [1.54, 1.807) is 6.07 Å². The van der Waals surface area contributed by atoms with Gasteiger partial charge in [0.1, 0.15) is 11.8 Å². The summed E-state index contributed by atoms with van der Waals surface area (Å²) in [6.07, 6.45) is 6.17. The SMILES string of the molecule is O=Cc1cccc2nc(C3CCCCO3)cn12. The Labute approximate surface area is 99.2 Å². The Kier molecular flexibility index (Phi) is 2.65. The number of hydrogen-bond acceptors (Lipinski definition) is 3. The van der Waals surface area contributed by atoms with E-state index in [0.717, 1.165) is 37.1 Å². The van der Waals surface area contributed by atoms with Crippen LogP contribution in [-0.4, -0.2) is 22.3 Å². The third-order valence-corrected chi connectivity index (χ3v) is 3.17. The lowest BCUT2D eigenvalue weighted by molar-refractivity contribution is 0.0126. The quantitative estimate of drug-likeness (QED) is 0.744. The predicted octanol–water partition coefficient (Wildman–Crippen LogP) is 2.39. The van der Waals surface area contributed by atoms with Gasteiger partial charge in [0.05, 0.1) is 11.4 Å². The Morgan fingerprint density at radius 1 is 1.41 bits per heavy atom. The second-order valence-electron chi connectivity index (χ2n) is 4.32. The maximum atomic E-state index is 10.9. The van der Waals surface area contributed by atoms with Crippen molar-refractivity contribution >= 4 is 11.9 Å². The number of aromatic nitrogens is 2. The molecule has 4 heteroatoms. The van der Waals surface area contributed by atoms with E-state index in [9.17, 15) is 4.79 Å².